The number of nitrogen functional groups attached to an aromatic ring is 1. The molecule has 0 aliphatic carbocycles. The van der Waals surface area contributed by atoms with Crippen LogP contribution in [0.5, 0.6) is 0 Å². The van der Waals surface area contributed by atoms with Crippen LogP contribution in [0, 0.1) is 0 Å². The van der Waals surface area contributed by atoms with E-state index in [9.17, 15) is 10.2 Å². The number of ether oxygens (including phenoxy) is 1. The zero-order valence-electron chi connectivity index (χ0n) is 15.3. The van der Waals surface area contributed by atoms with Crippen molar-refractivity contribution in [3.63, 3.8) is 0 Å². The van der Waals surface area contributed by atoms with Crippen LogP contribution in [0.25, 0.3) is 11.2 Å². The number of likely N-dealkylation sites (tertiary alicyclic amines) is 2. The molecule has 0 aromatic carbocycles. The fraction of sp³-hybridized carbons (Fsp3) is 0.706. The summed E-state index contributed by atoms with van der Waals surface area (Å²) < 4.78 is 7.67. The lowest BCUT2D eigenvalue weighted by Gasteiger charge is -2.48. The molecule has 2 aromatic heterocycles. The van der Waals surface area contributed by atoms with E-state index in [-0.39, 0.29) is 11.4 Å². The molecule has 3 aliphatic heterocycles. The molecular weight excluding hydrogens is 350 g/mol. The average molecular weight is 375 g/mol. The number of nitrogens with zero attached hydrogens (tertiary/aromatic N) is 6. The lowest BCUT2D eigenvalue weighted by molar-refractivity contribution is -0.0456. The van der Waals surface area contributed by atoms with Crippen molar-refractivity contribution in [1.82, 2.24) is 29.3 Å². The fourth-order valence-electron chi connectivity index (χ4n) is 4.68. The molecule has 4 N–H and O–H groups in total. The van der Waals surface area contributed by atoms with E-state index >= 15 is 0 Å². The molecule has 3 saturated heterocycles. The Labute approximate surface area is 156 Å². The van der Waals surface area contributed by atoms with Crippen LogP contribution in [0.15, 0.2) is 12.7 Å². The standard InChI is InChI=1S/C17H25N7O3/c1-22-4-2-17(22)3-5-23(7-17)6-10-12(25)13(26)16(27-10)24-9-21-11-14(18)19-8-20-15(11)24/h8-10,12-13,16,25-26H,2-7H2,1H3,(H2,18,19,20)/t10-,12-,13-,16-,17?/m1/s1. The maximum atomic E-state index is 10.6. The van der Waals surface area contributed by atoms with Crippen molar-refractivity contribution >= 4 is 17.0 Å². The quantitative estimate of drug-likeness (QED) is 0.607. The number of hydrogen-bond acceptors (Lipinski definition) is 9. The third kappa shape index (κ3) is 2.55. The van der Waals surface area contributed by atoms with Crippen LogP contribution < -0.4 is 5.73 Å². The smallest absolute Gasteiger partial charge is 0.167 e. The summed E-state index contributed by atoms with van der Waals surface area (Å²) >= 11 is 0. The number of fused-ring (bicyclic) bond motifs is 1. The van der Waals surface area contributed by atoms with Crippen LogP contribution in [0.3, 0.4) is 0 Å². The molecule has 1 unspecified atom stereocenters. The van der Waals surface area contributed by atoms with Gasteiger partial charge in [-0.2, -0.15) is 0 Å². The van der Waals surface area contributed by atoms with E-state index < -0.39 is 24.5 Å². The van der Waals surface area contributed by atoms with Crippen molar-refractivity contribution in [1.29, 1.82) is 0 Å². The summed E-state index contributed by atoms with van der Waals surface area (Å²) in [5.41, 5.74) is 7.06. The van der Waals surface area contributed by atoms with Gasteiger partial charge in [0.1, 0.15) is 30.2 Å². The fourth-order valence-corrected chi connectivity index (χ4v) is 4.68. The van der Waals surface area contributed by atoms with Gasteiger partial charge in [0.15, 0.2) is 17.7 Å². The van der Waals surface area contributed by atoms with E-state index in [1.54, 1.807) is 4.57 Å². The third-order valence-corrected chi connectivity index (χ3v) is 6.57. The summed E-state index contributed by atoms with van der Waals surface area (Å²) in [4.78, 5) is 17.1. The molecule has 2 aromatic rings. The van der Waals surface area contributed by atoms with Gasteiger partial charge in [0, 0.05) is 31.7 Å². The number of likely N-dealkylation sites (N-methyl/N-ethyl adjacent to an activating group) is 1. The van der Waals surface area contributed by atoms with Crippen molar-refractivity contribution in [3.05, 3.63) is 12.7 Å². The van der Waals surface area contributed by atoms with E-state index in [0.29, 0.717) is 17.7 Å². The molecule has 10 heteroatoms. The van der Waals surface area contributed by atoms with Crippen LogP contribution >= 0.6 is 0 Å². The second-order valence-electron chi connectivity index (χ2n) is 8.01. The molecule has 0 bridgehead atoms. The van der Waals surface area contributed by atoms with Crippen LogP contribution in [0.1, 0.15) is 19.1 Å². The highest BCUT2D eigenvalue weighted by molar-refractivity contribution is 5.81. The van der Waals surface area contributed by atoms with Gasteiger partial charge in [-0.15, -0.1) is 0 Å². The molecule has 146 valence electrons. The first-order chi connectivity index (χ1) is 13.0. The second-order valence-corrected chi connectivity index (χ2v) is 8.01. The summed E-state index contributed by atoms with van der Waals surface area (Å²) in [6.45, 7) is 3.70. The molecular formula is C17H25N7O3. The maximum Gasteiger partial charge on any atom is 0.167 e. The monoisotopic (exact) mass is 375 g/mol. The highest BCUT2D eigenvalue weighted by atomic mass is 16.6. The highest BCUT2D eigenvalue weighted by Gasteiger charge is 2.50. The van der Waals surface area contributed by atoms with Crippen LogP contribution in [0.4, 0.5) is 5.82 Å². The van der Waals surface area contributed by atoms with Crippen molar-refractivity contribution in [2.45, 2.75) is 42.9 Å². The Morgan fingerprint density at radius 3 is 2.74 bits per heavy atom. The van der Waals surface area contributed by atoms with E-state index in [2.05, 4.69) is 31.8 Å². The largest absolute Gasteiger partial charge is 0.387 e. The van der Waals surface area contributed by atoms with Crippen LogP contribution in [-0.2, 0) is 4.74 Å². The Morgan fingerprint density at radius 1 is 1.22 bits per heavy atom. The third-order valence-electron chi connectivity index (χ3n) is 6.57. The second kappa shape index (κ2) is 6.08. The minimum Gasteiger partial charge on any atom is -0.387 e. The molecule has 0 radical (unpaired) electrons. The zero-order chi connectivity index (χ0) is 18.8. The van der Waals surface area contributed by atoms with Gasteiger partial charge in [-0.25, -0.2) is 15.0 Å². The Bertz CT molecular complexity index is 860. The van der Waals surface area contributed by atoms with E-state index in [0.717, 1.165) is 26.1 Å². The molecule has 5 atom stereocenters. The first-order valence-electron chi connectivity index (χ1n) is 9.37. The molecule has 3 fully saturated rings. The van der Waals surface area contributed by atoms with Gasteiger partial charge < -0.3 is 20.7 Å². The van der Waals surface area contributed by atoms with Gasteiger partial charge in [-0.05, 0) is 19.9 Å². The summed E-state index contributed by atoms with van der Waals surface area (Å²) in [5.74, 6) is 0.273. The first kappa shape index (κ1) is 17.3. The lowest BCUT2D eigenvalue weighted by Crippen LogP contribution is -2.59. The number of aliphatic hydroxyl groups excluding tert-OH is 2. The van der Waals surface area contributed by atoms with Gasteiger partial charge >= 0.3 is 0 Å². The summed E-state index contributed by atoms with van der Waals surface area (Å²) in [6, 6.07) is 0. The summed E-state index contributed by atoms with van der Waals surface area (Å²) in [6.07, 6.45) is 1.97. The molecule has 1 spiro atoms. The van der Waals surface area contributed by atoms with E-state index in [1.807, 2.05) is 0 Å². The predicted octanol–water partition coefficient (Wildman–Crippen LogP) is -1.19. The topological polar surface area (TPSA) is 126 Å². The minimum absolute atomic E-state index is 0.273. The number of aliphatic hydroxyl groups is 2. The molecule has 10 nitrogen and oxygen atoms in total. The predicted molar refractivity (Wildman–Crippen MR) is 96.7 cm³/mol. The number of aromatic nitrogens is 4. The first-order valence-corrected chi connectivity index (χ1v) is 9.37. The molecule has 0 saturated carbocycles. The molecule has 0 amide bonds. The van der Waals surface area contributed by atoms with Gasteiger partial charge in [-0.3, -0.25) is 14.4 Å². The lowest BCUT2D eigenvalue weighted by atomic mass is 9.85. The SMILES string of the molecule is CN1CCC12CCN(C[C@H]1O[C@@H](n3cnc4c(N)ncnc43)[C@H](O)[C@@H]1O)C2. The number of hydrogen-bond donors (Lipinski definition) is 3. The average Bonchev–Trinajstić information content (AvgIpc) is 3.35. The summed E-state index contributed by atoms with van der Waals surface area (Å²) in [5, 5.41) is 21.1. The summed E-state index contributed by atoms with van der Waals surface area (Å²) in [7, 11) is 2.17. The number of rotatable bonds is 3. The van der Waals surface area contributed by atoms with E-state index in [4.69, 9.17) is 10.5 Å². The van der Waals surface area contributed by atoms with Crippen LogP contribution in [-0.4, -0.2) is 96.6 Å². The Kier molecular flexibility index (Phi) is 3.89. The normalized spacial score (nSPS) is 37.4. The van der Waals surface area contributed by atoms with Crippen molar-refractivity contribution in [2.24, 2.45) is 0 Å². The van der Waals surface area contributed by atoms with Crippen LogP contribution in [0.2, 0.25) is 0 Å². The van der Waals surface area contributed by atoms with Gasteiger partial charge in [-0.1, -0.05) is 0 Å². The van der Waals surface area contributed by atoms with Gasteiger partial charge in [0.25, 0.3) is 0 Å². The maximum absolute atomic E-state index is 10.6. The molecule has 5 rings (SSSR count). The van der Waals surface area contributed by atoms with Crippen molar-refractivity contribution in [2.75, 3.05) is 39.0 Å². The minimum atomic E-state index is -1.06. The number of imidazole rings is 1. The molecule has 3 aliphatic rings. The number of nitrogens with two attached hydrogens (primary N) is 1. The van der Waals surface area contributed by atoms with E-state index in [1.165, 1.54) is 19.1 Å². The van der Waals surface area contributed by atoms with Crippen molar-refractivity contribution in [3.8, 4) is 0 Å². The molecule has 5 heterocycles. The Balaban J connectivity index is 1.33. The zero-order valence-corrected chi connectivity index (χ0v) is 15.3. The Hall–Kier alpha value is -1.85. The van der Waals surface area contributed by atoms with Gasteiger partial charge in [0.05, 0.1) is 6.33 Å². The number of anilines is 1. The Morgan fingerprint density at radius 2 is 2.04 bits per heavy atom. The molecule has 27 heavy (non-hydrogen) atoms. The van der Waals surface area contributed by atoms with Crippen molar-refractivity contribution < 1.29 is 14.9 Å². The van der Waals surface area contributed by atoms with Gasteiger partial charge in [0.2, 0.25) is 0 Å². The highest BCUT2D eigenvalue weighted by Crippen LogP contribution is 2.39.